The molecule has 0 amide bonds. The molecule has 0 saturated carbocycles. The monoisotopic (exact) mass is 100 g/mol. The van der Waals surface area contributed by atoms with Gasteiger partial charge in [0, 0.05) is 6.10 Å². The maximum atomic E-state index is 8.06. The molecule has 0 bridgehead atoms. The lowest BCUT2D eigenvalue weighted by Crippen LogP contribution is -1.85. The van der Waals surface area contributed by atoms with Gasteiger partial charge >= 0.3 is 0 Å². The van der Waals surface area contributed by atoms with Crippen LogP contribution in [0.3, 0.4) is 0 Å². The van der Waals surface area contributed by atoms with Gasteiger partial charge in [-0.3, -0.25) is 0 Å². The fraction of sp³-hybridized carbons (Fsp3) is 0.500. The first-order valence-electron chi connectivity index (χ1n) is 2.12. The molecular formula is C6H12O. The first-order valence-corrected chi connectivity index (χ1v) is 2.12. The highest BCUT2D eigenvalue weighted by Crippen LogP contribution is 1.65. The Balaban J connectivity index is 0. The van der Waals surface area contributed by atoms with Crippen molar-refractivity contribution in [2.45, 2.75) is 20.0 Å². The summed E-state index contributed by atoms with van der Waals surface area (Å²) in [6, 6.07) is 0. The van der Waals surface area contributed by atoms with E-state index in [2.05, 4.69) is 18.9 Å². The number of aliphatic hydroxyl groups excluding tert-OH is 1. The van der Waals surface area contributed by atoms with Crippen LogP contribution in [0.5, 0.6) is 0 Å². The summed E-state index contributed by atoms with van der Waals surface area (Å²) in [6.07, 6.45) is -0.167. The van der Waals surface area contributed by atoms with Crippen molar-refractivity contribution in [2.75, 3.05) is 0 Å². The molecule has 1 nitrogen and oxygen atoms in total. The summed E-state index contributed by atoms with van der Waals surface area (Å²) >= 11 is 0. The summed E-state index contributed by atoms with van der Waals surface area (Å²) in [5.74, 6) is 0. The van der Waals surface area contributed by atoms with Gasteiger partial charge in [0.25, 0.3) is 0 Å². The highest BCUT2D eigenvalue weighted by Gasteiger charge is 1.69. The van der Waals surface area contributed by atoms with Gasteiger partial charge in [0.1, 0.15) is 0 Å². The standard InChI is InChI=1S/C3H8O.C3H4/c1-3(2)4;1-3-2/h3-4H,1-2H3;1-2H2. The highest BCUT2D eigenvalue weighted by atomic mass is 16.3. The smallest absolute Gasteiger partial charge is 0.0483 e. The SMILES string of the molecule is C=C=C.CC(C)O. The van der Waals surface area contributed by atoms with Crippen LogP contribution in [0.25, 0.3) is 0 Å². The molecule has 0 radical (unpaired) electrons. The van der Waals surface area contributed by atoms with Gasteiger partial charge in [-0.05, 0) is 13.8 Å². The molecule has 0 aromatic carbocycles. The average molecular weight is 100 g/mol. The fourth-order valence-electron chi connectivity index (χ4n) is 0. The van der Waals surface area contributed by atoms with Crippen molar-refractivity contribution in [1.82, 2.24) is 0 Å². The molecule has 42 valence electrons. The molecule has 0 unspecified atom stereocenters. The first kappa shape index (κ1) is 9.70. The molecule has 0 fully saturated rings. The summed E-state index contributed by atoms with van der Waals surface area (Å²) in [5.41, 5.74) is 2.25. The zero-order valence-corrected chi connectivity index (χ0v) is 4.94. The molecule has 1 heteroatoms. The van der Waals surface area contributed by atoms with Gasteiger partial charge in [-0.25, -0.2) is 0 Å². The van der Waals surface area contributed by atoms with E-state index >= 15 is 0 Å². The van der Waals surface area contributed by atoms with E-state index in [0.717, 1.165) is 0 Å². The molecule has 0 aliphatic heterocycles. The third kappa shape index (κ3) is 245. The minimum absolute atomic E-state index is 0.167. The number of hydrogen-bond donors (Lipinski definition) is 1. The van der Waals surface area contributed by atoms with Gasteiger partial charge in [0.15, 0.2) is 0 Å². The maximum Gasteiger partial charge on any atom is 0.0483 e. The Morgan fingerprint density at radius 1 is 1.43 bits per heavy atom. The average Bonchev–Trinajstić information content (AvgIpc) is 1.33. The third-order valence-electron chi connectivity index (χ3n) is 0. The van der Waals surface area contributed by atoms with Crippen molar-refractivity contribution in [2.24, 2.45) is 0 Å². The Bertz CT molecular complexity index is 46.4. The van der Waals surface area contributed by atoms with Gasteiger partial charge in [-0.1, -0.05) is 13.2 Å². The van der Waals surface area contributed by atoms with Gasteiger partial charge in [0.2, 0.25) is 0 Å². The second-order valence-corrected chi connectivity index (χ2v) is 1.34. The Morgan fingerprint density at radius 2 is 1.43 bits per heavy atom. The molecule has 0 saturated heterocycles. The molecule has 0 rings (SSSR count). The van der Waals surface area contributed by atoms with E-state index in [4.69, 9.17) is 5.11 Å². The van der Waals surface area contributed by atoms with Crippen LogP contribution in [-0.4, -0.2) is 11.2 Å². The fourth-order valence-corrected chi connectivity index (χ4v) is 0. The van der Waals surface area contributed by atoms with E-state index in [1.807, 2.05) is 0 Å². The highest BCUT2D eigenvalue weighted by molar-refractivity contribution is 4.51. The van der Waals surface area contributed by atoms with Crippen molar-refractivity contribution >= 4 is 0 Å². The normalized spacial score (nSPS) is 6.29. The molecular weight excluding hydrogens is 88.1 g/mol. The lowest BCUT2D eigenvalue weighted by atomic mass is 10.5. The van der Waals surface area contributed by atoms with Crippen LogP contribution in [0.15, 0.2) is 18.9 Å². The molecule has 0 aromatic heterocycles. The van der Waals surface area contributed by atoms with E-state index in [0.29, 0.717) is 0 Å². The summed E-state index contributed by atoms with van der Waals surface area (Å²) in [6.45, 7) is 9.69. The van der Waals surface area contributed by atoms with Crippen molar-refractivity contribution in [3.8, 4) is 0 Å². The van der Waals surface area contributed by atoms with Crippen LogP contribution in [0.1, 0.15) is 13.8 Å². The van der Waals surface area contributed by atoms with Crippen LogP contribution in [0, 0.1) is 0 Å². The minimum Gasteiger partial charge on any atom is -0.394 e. The Hall–Kier alpha value is -0.520. The van der Waals surface area contributed by atoms with Crippen molar-refractivity contribution < 1.29 is 5.11 Å². The van der Waals surface area contributed by atoms with Gasteiger partial charge in [0.05, 0.1) is 0 Å². The molecule has 0 aromatic rings. The lowest BCUT2D eigenvalue weighted by molar-refractivity contribution is 0.216. The van der Waals surface area contributed by atoms with Crippen LogP contribution in [0.4, 0.5) is 0 Å². The summed E-state index contributed by atoms with van der Waals surface area (Å²) in [7, 11) is 0. The maximum absolute atomic E-state index is 8.06. The van der Waals surface area contributed by atoms with E-state index in [1.54, 1.807) is 13.8 Å². The second kappa shape index (κ2) is 9.08. The summed E-state index contributed by atoms with van der Waals surface area (Å²) in [4.78, 5) is 0. The summed E-state index contributed by atoms with van der Waals surface area (Å²) in [5, 5.41) is 8.06. The van der Waals surface area contributed by atoms with Gasteiger partial charge in [-0.2, -0.15) is 0 Å². The van der Waals surface area contributed by atoms with E-state index in [1.165, 1.54) is 0 Å². The van der Waals surface area contributed by atoms with E-state index in [9.17, 15) is 0 Å². The third-order valence-corrected chi connectivity index (χ3v) is 0. The number of rotatable bonds is 0. The zero-order chi connectivity index (χ0) is 6.28. The minimum atomic E-state index is -0.167. The molecule has 0 atom stereocenters. The quantitative estimate of drug-likeness (QED) is 0.455. The number of hydrogen-bond acceptors (Lipinski definition) is 1. The Labute approximate surface area is 45.0 Å². The molecule has 1 N–H and O–H groups in total. The van der Waals surface area contributed by atoms with Gasteiger partial charge < -0.3 is 5.11 Å². The number of aliphatic hydroxyl groups is 1. The summed E-state index contributed by atoms with van der Waals surface area (Å²) < 4.78 is 0. The molecule has 0 spiro atoms. The largest absolute Gasteiger partial charge is 0.394 e. The van der Waals surface area contributed by atoms with Crippen LogP contribution < -0.4 is 0 Å². The Morgan fingerprint density at radius 3 is 1.43 bits per heavy atom. The van der Waals surface area contributed by atoms with Crippen LogP contribution >= 0.6 is 0 Å². The molecule has 0 aliphatic rings. The topological polar surface area (TPSA) is 20.2 Å². The zero-order valence-electron chi connectivity index (χ0n) is 4.94. The van der Waals surface area contributed by atoms with Crippen molar-refractivity contribution in [3.05, 3.63) is 18.9 Å². The van der Waals surface area contributed by atoms with Crippen molar-refractivity contribution in [3.63, 3.8) is 0 Å². The first-order chi connectivity index (χ1) is 3.15. The predicted octanol–water partition coefficient (Wildman–Crippen LogP) is 1.34. The molecule has 0 aliphatic carbocycles. The predicted molar refractivity (Wildman–Crippen MR) is 32.1 cm³/mol. The van der Waals surface area contributed by atoms with Crippen LogP contribution in [0.2, 0.25) is 0 Å². The second-order valence-electron chi connectivity index (χ2n) is 1.34. The van der Waals surface area contributed by atoms with Crippen molar-refractivity contribution in [1.29, 1.82) is 0 Å². The molecule has 7 heavy (non-hydrogen) atoms. The van der Waals surface area contributed by atoms with Gasteiger partial charge in [-0.15, -0.1) is 5.73 Å². The molecule has 0 heterocycles. The Kier molecular flexibility index (Phi) is 12.6. The lowest BCUT2D eigenvalue weighted by Gasteiger charge is -1.80. The van der Waals surface area contributed by atoms with Crippen LogP contribution in [-0.2, 0) is 0 Å². The van der Waals surface area contributed by atoms with E-state index < -0.39 is 0 Å². The van der Waals surface area contributed by atoms with E-state index in [-0.39, 0.29) is 6.10 Å².